The molecule has 1 aromatic rings. The molecule has 0 radical (unpaired) electrons. The quantitative estimate of drug-likeness (QED) is 0.315. The van der Waals surface area contributed by atoms with Crippen LogP contribution in [0.2, 0.25) is 0 Å². The Balaban J connectivity index is 3.35. The largest absolute Gasteiger partial charge is 0.444 e. The molecule has 204 valence electrons. The fourth-order valence-electron chi connectivity index (χ4n) is 4.04. The highest BCUT2D eigenvalue weighted by Gasteiger charge is 2.36. The molecule has 2 unspecified atom stereocenters. The van der Waals surface area contributed by atoms with E-state index in [2.05, 4.69) is 24.5 Å². The van der Waals surface area contributed by atoms with E-state index >= 15 is 0 Å². The Bertz CT molecular complexity index is 815. The van der Waals surface area contributed by atoms with Gasteiger partial charge in [0.1, 0.15) is 17.7 Å². The maximum absolute atomic E-state index is 14.0. The number of carbonyl (C=O) groups is 3. The molecule has 0 aliphatic carbocycles. The summed E-state index contributed by atoms with van der Waals surface area (Å²) in [5, 5.41) is 5.83. The normalized spacial score (nSPS) is 13.1. The van der Waals surface area contributed by atoms with Crippen LogP contribution in [0.5, 0.6) is 0 Å². The van der Waals surface area contributed by atoms with Crippen molar-refractivity contribution in [3.8, 4) is 0 Å². The van der Waals surface area contributed by atoms with Gasteiger partial charge in [-0.1, -0.05) is 71.7 Å². The minimum atomic E-state index is -0.795. The predicted molar refractivity (Wildman–Crippen MR) is 146 cm³/mol. The summed E-state index contributed by atoms with van der Waals surface area (Å²) in [6, 6.07) is 6.31. The van der Waals surface area contributed by atoms with Crippen LogP contribution < -0.4 is 10.6 Å². The van der Waals surface area contributed by atoms with E-state index in [4.69, 9.17) is 4.74 Å². The molecule has 0 bridgehead atoms. The average molecular weight is 504 g/mol. The molecule has 7 heteroatoms. The Labute approximate surface area is 218 Å². The Kier molecular flexibility index (Phi) is 13.6. The summed E-state index contributed by atoms with van der Waals surface area (Å²) >= 11 is 0. The Hall–Kier alpha value is -2.57. The van der Waals surface area contributed by atoms with Crippen molar-refractivity contribution in [2.75, 3.05) is 13.1 Å². The highest BCUT2D eigenvalue weighted by atomic mass is 16.6. The lowest BCUT2D eigenvalue weighted by Gasteiger charge is -2.35. The number of hydrogen-bond acceptors (Lipinski definition) is 4. The topological polar surface area (TPSA) is 87.7 Å². The van der Waals surface area contributed by atoms with E-state index in [1.54, 1.807) is 25.7 Å². The minimum Gasteiger partial charge on any atom is -0.444 e. The van der Waals surface area contributed by atoms with Crippen molar-refractivity contribution in [1.82, 2.24) is 15.5 Å². The molecule has 0 fully saturated rings. The molecule has 0 heterocycles. The van der Waals surface area contributed by atoms with Gasteiger partial charge in [-0.05, 0) is 63.5 Å². The lowest BCUT2D eigenvalue weighted by molar-refractivity contribution is -0.142. The molecule has 3 amide bonds. The Morgan fingerprint density at radius 3 is 2.11 bits per heavy atom. The molecule has 36 heavy (non-hydrogen) atoms. The van der Waals surface area contributed by atoms with Gasteiger partial charge in [0.05, 0.1) is 0 Å². The highest BCUT2D eigenvalue weighted by molar-refractivity contribution is 5.92. The van der Waals surface area contributed by atoms with Crippen molar-refractivity contribution in [3.63, 3.8) is 0 Å². The first-order chi connectivity index (χ1) is 16.9. The van der Waals surface area contributed by atoms with E-state index in [9.17, 15) is 14.4 Å². The molecule has 0 aliphatic rings. The number of amides is 3. The summed E-state index contributed by atoms with van der Waals surface area (Å²) in [7, 11) is 0. The van der Waals surface area contributed by atoms with E-state index in [-0.39, 0.29) is 17.7 Å². The van der Waals surface area contributed by atoms with Crippen LogP contribution in [0.25, 0.3) is 0 Å². The zero-order valence-corrected chi connectivity index (χ0v) is 23.8. The van der Waals surface area contributed by atoms with Gasteiger partial charge in [0, 0.05) is 13.1 Å². The van der Waals surface area contributed by atoms with Gasteiger partial charge < -0.3 is 20.3 Å². The van der Waals surface area contributed by atoms with Gasteiger partial charge in [-0.2, -0.15) is 0 Å². The number of unbranched alkanes of at least 4 members (excludes halogenated alkanes) is 2. The van der Waals surface area contributed by atoms with E-state index in [0.717, 1.165) is 31.2 Å². The Morgan fingerprint density at radius 1 is 0.972 bits per heavy atom. The summed E-state index contributed by atoms with van der Waals surface area (Å²) in [5.74, 6) is -0.315. The molecule has 0 aromatic heterocycles. The first-order valence-electron chi connectivity index (χ1n) is 13.6. The maximum Gasteiger partial charge on any atom is 0.408 e. The predicted octanol–water partition coefficient (Wildman–Crippen LogP) is 5.77. The lowest BCUT2D eigenvalue weighted by Crippen LogP contribution is -2.53. The minimum absolute atomic E-state index is 0.155. The lowest BCUT2D eigenvalue weighted by atomic mass is 9.98. The first kappa shape index (κ1) is 31.5. The van der Waals surface area contributed by atoms with Gasteiger partial charge in [-0.25, -0.2) is 4.79 Å². The van der Waals surface area contributed by atoms with Crippen LogP contribution in [-0.2, 0) is 20.7 Å². The van der Waals surface area contributed by atoms with Crippen molar-refractivity contribution >= 4 is 17.9 Å². The van der Waals surface area contributed by atoms with Gasteiger partial charge in [0.2, 0.25) is 11.8 Å². The maximum atomic E-state index is 14.0. The molecule has 0 spiro atoms. The number of carbonyl (C=O) groups excluding carboxylic acids is 3. The first-order valence-corrected chi connectivity index (χ1v) is 13.6. The third kappa shape index (κ3) is 11.0. The number of nitrogens with zero attached hydrogens (tertiary/aromatic N) is 1. The van der Waals surface area contributed by atoms with Crippen LogP contribution in [0.15, 0.2) is 24.3 Å². The van der Waals surface area contributed by atoms with Crippen molar-refractivity contribution in [2.24, 2.45) is 5.92 Å². The summed E-state index contributed by atoms with van der Waals surface area (Å²) < 4.78 is 5.43. The molecule has 7 nitrogen and oxygen atoms in total. The van der Waals surface area contributed by atoms with E-state index in [1.165, 1.54) is 5.56 Å². The zero-order chi connectivity index (χ0) is 27.3. The van der Waals surface area contributed by atoms with Crippen LogP contribution >= 0.6 is 0 Å². The van der Waals surface area contributed by atoms with Crippen molar-refractivity contribution in [2.45, 2.75) is 112 Å². The van der Waals surface area contributed by atoms with Crippen molar-refractivity contribution in [3.05, 3.63) is 35.4 Å². The van der Waals surface area contributed by atoms with E-state index < -0.39 is 23.8 Å². The molecule has 2 N–H and O–H groups in total. The molecule has 1 aromatic carbocycles. The molecule has 2 atom stereocenters. The smallest absolute Gasteiger partial charge is 0.408 e. The fourth-order valence-corrected chi connectivity index (χ4v) is 4.04. The number of hydrogen-bond donors (Lipinski definition) is 2. The average Bonchev–Trinajstić information content (AvgIpc) is 2.79. The Morgan fingerprint density at radius 2 is 1.61 bits per heavy atom. The molecule has 1 rings (SSSR count). The monoisotopic (exact) mass is 503 g/mol. The number of nitrogens with one attached hydrogen (secondary N) is 2. The van der Waals surface area contributed by atoms with Gasteiger partial charge in [0.15, 0.2) is 0 Å². The third-order valence-electron chi connectivity index (χ3n) is 5.79. The number of alkyl carbamates (subject to hydrolysis) is 1. The van der Waals surface area contributed by atoms with E-state index in [1.807, 2.05) is 45.0 Å². The van der Waals surface area contributed by atoms with Gasteiger partial charge in [-0.15, -0.1) is 0 Å². The van der Waals surface area contributed by atoms with Gasteiger partial charge in [0.25, 0.3) is 0 Å². The number of aryl methyl sites for hydroxylation is 1. The molecule has 0 aliphatic heterocycles. The molecular weight excluding hydrogens is 454 g/mol. The summed E-state index contributed by atoms with van der Waals surface area (Å²) in [6.07, 6.45) is 4.36. The number of benzene rings is 1. The second kappa shape index (κ2) is 15.5. The third-order valence-corrected chi connectivity index (χ3v) is 5.79. The zero-order valence-electron chi connectivity index (χ0n) is 23.8. The molecule has 0 saturated carbocycles. The summed E-state index contributed by atoms with van der Waals surface area (Å²) in [4.78, 5) is 41.7. The number of ether oxygens (including phenoxy) is 1. The second-order valence-electron chi connectivity index (χ2n) is 10.9. The van der Waals surface area contributed by atoms with Crippen LogP contribution in [0.3, 0.4) is 0 Å². The standard InChI is InChI=1S/C29H49N3O4/c1-9-12-13-18-30-26(33)25(23-16-14-22(11-3)15-17-23)32(19-10-2)27(34)24(20-21(4)5)31-28(35)36-29(6,7)8/h14-17,21,24-25H,9-13,18-20H2,1-8H3,(H,30,33)(H,31,35). The van der Waals surface area contributed by atoms with Crippen LogP contribution in [0.1, 0.15) is 105 Å². The van der Waals surface area contributed by atoms with Crippen LogP contribution in [0, 0.1) is 5.92 Å². The fraction of sp³-hybridized carbons (Fsp3) is 0.690. The summed E-state index contributed by atoms with van der Waals surface area (Å²) in [5.41, 5.74) is 1.25. The molecule has 0 saturated heterocycles. The van der Waals surface area contributed by atoms with Crippen LogP contribution in [-0.4, -0.2) is 47.5 Å². The van der Waals surface area contributed by atoms with Gasteiger partial charge in [-0.3, -0.25) is 9.59 Å². The molecular formula is C29H49N3O4. The highest BCUT2D eigenvalue weighted by Crippen LogP contribution is 2.25. The SMILES string of the molecule is CCCCCNC(=O)C(c1ccc(CC)cc1)N(CCC)C(=O)C(CC(C)C)NC(=O)OC(C)(C)C. The van der Waals surface area contributed by atoms with Crippen molar-refractivity contribution in [1.29, 1.82) is 0 Å². The van der Waals surface area contributed by atoms with Crippen LogP contribution in [0.4, 0.5) is 4.79 Å². The van der Waals surface area contributed by atoms with Gasteiger partial charge >= 0.3 is 6.09 Å². The second-order valence-corrected chi connectivity index (χ2v) is 10.9. The number of rotatable bonds is 14. The van der Waals surface area contributed by atoms with E-state index in [0.29, 0.717) is 25.9 Å². The summed E-state index contributed by atoms with van der Waals surface area (Å²) in [6.45, 7) is 16.5. The van der Waals surface area contributed by atoms with Crippen molar-refractivity contribution < 1.29 is 19.1 Å².